The molecule has 0 amide bonds. The Balaban J connectivity index is 2.08. The minimum absolute atomic E-state index is 0.937. The van der Waals surface area contributed by atoms with Gasteiger partial charge in [-0.15, -0.1) is 0 Å². The Bertz CT molecular complexity index is 251. The van der Waals surface area contributed by atoms with E-state index >= 15 is 0 Å². The van der Waals surface area contributed by atoms with Crippen LogP contribution in [0.3, 0.4) is 0 Å². The van der Waals surface area contributed by atoms with E-state index in [0.29, 0.717) is 0 Å². The van der Waals surface area contributed by atoms with Crippen LogP contribution in [0.15, 0.2) is 10.6 Å². The number of anilines is 1. The second-order valence-electron chi connectivity index (χ2n) is 3.35. The van der Waals surface area contributed by atoms with Gasteiger partial charge < -0.3 is 9.42 Å². The van der Waals surface area contributed by atoms with E-state index in [0.717, 1.165) is 24.7 Å². The summed E-state index contributed by atoms with van der Waals surface area (Å²) in [6, 6.07) is 2.01. The molecule has 1 fully saturated rings. The van der Waals surface area contributed by atoms with E-state index in [-0.39, 0.29) is 0 Å². The summed E-state index contributed by atoms with van der Waals surface area (Å²) in [5.41, 5.74) is 0.968. The molecule has 1 aromatic heterocycles. The van der Waals surface area contributed by atoms with Gasteiger partial charge in [-0.1, -0.05) is 5.16 Å². The van der Waals surface area contributed by atoms with Gasteiger partial charge in [0.15, 0.2) is 0 Å². The normalized spacial score (nSPS) is 18.2. The summed E-state index contributed by atoms with van der Waals surface area (Å²) in [4.78, 5) is 2.27. The zero-order valence-electron chi connectivity index (χ0n) is 7.42. The number of nitrogens with zero attached hydrogens (tertiary/aromatic N) is 2. The fraction of sp³-hybridized carbons (Fsp3) is 0.667. The Morgan fingerprint density at radius 3 is 2.67 bits per heavy atom. The van der Waals surface area contributed by atoms with E-state index in [1.807, 2.05) is 13.0 Å². The van der Waals surface area contributed by atoms with Crippen LogP contribution >= 0.6 is 0 Å². The van der Waals surface area contributed by atoms with Gasteiger partial charge in [0, 0.05) is 19.2 Å². The number of rotatable bonds is 1. The predicted octanol–water partition coefficient (Wildman–Crippen LogP) is 1.97. The molecule has 2 heterocycles. The van der Waals surface area contributed by atoms with Crippen molar-refractivity contribution in [1.82, 2.24) is 5.16 Å². The first kappa shape index (κ1) is 7.65. The van der Waals surface area contributed by atoms with Crippen molar-refractivity contribution in [1.29, 1.82) is 0 Å². The molecule has 0 spiro atoms. The molecule has 0 N–H and O–H groups in total. The van der Waals surface area contributed by atoms with Gasteiger partial charge >= 0.3 is 0 Å². The zero-order valence-corrected chi connectivity index (χ0v) is 7.42. The summed E-state index contributed by atoms with van der Waals surface area (Å²) < 4.78 is 5.18. The molecule has 12 heavy (non-hydrogen) atoms. The van der Waals surface area contributed by atoms with Gasteiger partial charge in [0.2, 0.25) is 5.88 Å². The first-order valence-electron chi connectivity index (χ1n) is 4.54. The lowest BCUT2D eigenvalue weighted by atomic mass is 10.1. The highest BCUT2D eigenvalue weighted by atomic mass is 16.5. The first-order chi connectivity index (χ1) is 5.86. The average molecular weight is 166 g/mol. The molecule has 1 aromatic rings. The van der Waals surface area contributed by atoms with Crippen LogP contribution in [0, 0.1) is 6.92 Å². The second kappa shape index (κ2) is 3.17. The van der Waals surface area contributed by atoms with Crippen molar-refractivity contribution in [2.75, 3.05) is 18.0 Å². The van der Waals surface area contributed by atoms with Gasteiger partial charge in [-0.2, -0.15) is 0 Å². The van der Waals surface area contributed by atoms with Gasteiger partial charge in [-0.3, -0.25) is 0 Å². The zero-order chi connectivity index (χ0) is 8.39. The van der Waals surface area contributed by atoms with Crippen LogP contribution in [0.25, 0.3) is 0 Å². The van der Waals surface area contributed by atoms with Crippen molar-refractivity contribution in [3.8, 4) is 0 Å². The molecule has 0 unspecified atom stereocenters. The van der Waals surface area contributed by atoms with Crippen molar-refractivity contribution >= 4 is 5.88 Å². The monoisotopic (exact) mass is 166 g/mol. The number of hydrogen-bond acceptors (Lipinski definition) is 3. The molecule has 0 saturated carbocycles. The standard InChI is InChI=1S/C9H14N2O/c1-8-7-9(12-10-8)11-5-3-2-4-6-11/h7H,2-6H2,1H3. The fourth-order valence-corrected chi connectivity index (χ4v) is 1.61. The molecule has 3 nitrogen and oxygen atoms in total. The Morgan fingerprint density at radius 2 is 2.08 bits per heavy atom. The molecule has 0 aliphatic carbocycles. The maximum atomic E-state index is 5.18. The Kier molecular flexibility index (Phi) is 2.02. The summed E-state index contributed by atoms with van der Waals surface area (Å²) in [7, 11) is 0. The van der Waals surface area contributed by atoms with Crippen molar-refractivity contribution < 1.29 is 4.52 Å². The molecular weight excluding hydrogens is 152 g/mol. The molecule has 0 radical (unpaired) electrons. The summed E-state index contributed by atoms with van der Waals surface area (Å²) in [5.74, 6) is 0.937. The highest BCUT2D eigenvalue weighted by Crippen LogP contribution is 2.19. The van der Waals surface area contributed by atoms with Gasteiger partial charge in [-0.05, 0) is 26.2 Å². The molecule has 66 valence electrons. The SMILES string of the molecule is Cc1cc(N2CCCCC2)on1. The van der Waals surface area contributed by atoms with Crippen molar-refractivity contribution in [3.05, 3.63) is 11.8 Å². The van der Waals surface area contributed by atoms with Gasteiger partial charge in [0.05, 0.1) is 5.69 Å². The molecule has 1 aliphatic rings. The number of hydrogen-bond donors (Lipinski definition) is 0. The van der Waals surface area contributed by atoms with Crippen LogP contribution in [0.2, 0.25) is 0 Å². The average Bonchev–Trinajstić information content (AvgIpc) is 2.54. The van der Waals surface area contributed by atoms with Crippen LogP contribution in [0.1, 0.15) is 25.0 Å². The van der Waals surface area contributed by atoms with E-state index in [1.165, 1.54) is 19.3 Å². The largest absolute Gasteiger partial charge is 0.341 e. The third-order valence-electron chi connectivity index (χ3n) is 2.28. The quantitative estimate of drug-likeness (QED) is 0.638. The van der Waals surface area contributed by atoms with E-state index in [4.69, 9.17) is 4.52 Å². The number of aromatic nitrogens is 1. The maximum Gasteiger partial charge on any atom is 0.227 e. The van der Waals surface area contributed by atoms with Gasteiger partial charge in [0.25, 0.3) is 0 Å². The Labute approximate surface area is 72.3 Å². The van der Waals surface area contributed by atoms with Crippen molar-refractivity contribution in [2.45, 2.75) is 26.2 Å². The smallest absolute Gasteiger partial charge is 0.227 e. The van der Waals surface area contributed by atoms with Crippen LogP contribution in [-0.4, -0.2) is 18.2 Å². The van der Waals surface area contributed by atoms with Crippen LogP contribution in [0.4, 0.5) is 5.88 Å². The molecule has 0 atom stereocenters. The lowest BCUT2D eigenvalue weighted by Crippen LogP contribution is -2.28. The van der Waals surface area contributed by atoms with Crippen LogP contribution < -0.4 is 4.90 Å². The van der Waals surface area contributed by atoms with Crippen LogP contribution in [-0.2, 0) is 0 Å². The van der Waals surface area contributed by atoms with Crippen molar-refractivity contribution in [3.63, 3.8) is 0 Å². The van der Waals surface area contributed by atoms with Crippen LogP contribution in [0.5, 0.6) is 0 Å². The minimum Gasteiger partial charge on any atom is -0.341 e. The third kappa shape index (κ3) is 1.44. The van der Waals surface area contributed by atoms with E-state index in [9.17, 15) is 0 Å². The highest BCUT2D eigenvalue weighted by Gasteiger charge is 2.13. The molecule has 0 aromatic carbocycles. The van der Waals surface area contributed by atoms with Crippen molar-refractivity contribution in [2.24, 2.45) is 0 Å². The summed E-state index contributed by atoms with van der Waals surface area (Å²) >= 11 is 0. The van der Waals surface area contributed by atoms with Gasteiger partial charge in [-0.25, -0.2) is 0 Å². The second-order valence-corrected chi connectivity index (χ2v) is 3.35. The topological polar surface area (TPSA) is 29.3 Å². The molecule has 2 rings (SSSR count). The lowest BCUT2D eigenvalue weighted by molar-refractivity contribution is 0.401. The molecule has 3 heteroatoms. The lowest BCUT2D eigenvalue weighted by Gasteiger charge is -2.25. The molecule has 1 saturated heterocycles. The third-order valence-corrected chi connectivity index (χ3v) is 2.28. The summed E-state index contributed by atoms with van der Waals surface area (Å²) in [6.07, 6.45) is 3.91. The summed E-state index contributed by atoms with van der Waals surface area (Å²) in [6.45, 7) is 4.19. The van der Waals surface area contributed by atoms with Gasteiger partial charge in [0.1, 0.15) is 0 Å². The fourth-order valence-electron chi connectivity index (χ4n) is 1.61. The highest BCUT2D eigenvalue weighted by molar-refractivity contribution is 5.35. The van der Waals surface area contributed by atoms with E-state index < -0.39 is 0 Å². The van der Waals surface area contributed by atoms with E-state index in [1.54, 1.807) is 0 Å². The number of piperidine rings is 1. The minimum atomic E-state index is 0.937. The predicted molar refractivity (Wildman–Crippen MR) is 47.3 cm³/mol. The Morgan fingerprint density at radius 1 is 1.33 bits per heavy atom. The molecule has 1 aliphatic heterocycles. The van der Waals surface area contributed by atoms with E-state index in [2.05, 4.69) is 10.1 Å². The summed E-state index contributed by atoms with van der Waals surface area (Å²) in [5, 5.41) is 3.88. The maximum absolute atomic E-state index is 5.18. The Hall–Kier alpha value is -0.990. The number of aryl methyl sites for hydroxylation is 1. The molecular formula is C9H14N2O. The molecule has 0 bridgehead atoms. The first-order valence-corrected chi connectivity index (χ1v) is 4.54.